The van der Waals surface area contributed by atoms with Crippen LogP contribution in [0.5, 0.6) is 0 Å². The lowest BCUT2D eigenvalue weighted by molar-refractivity contribution is 0.0714. The Labute approximate surface area is 145 Å². The summed E-state index contributed by atoms with van der Waals surface area (Å²) >= 11 is 0. The van der Waals surface area contributed by atoms with Gasteiger partial charge in [0.25, 0.3) is 5.91 Å². The Kier molecular flexibility index (Phi) is 3.83. The highest BCUT2D eigenvalue weighted by Gasteiger charge is 2.34. The van der Waals surface area contributed by atoms with E-state index in [0.29, 0.717) is 29.8 Å². The number of nitrogens with one attached hydrogen (secondary N) is 1. The number of H-pyrrole nitrogens is 1. The van der Waals surface area contributed by atoms with E-state index in [1.165, 1.54) is 11.1 Å². The summed E-state index contributed by atoms with van der Waals surface area (Å²) < 4.78 is 5.63. The van der Waals surface area contributed by atoms with E-state index in [0.717, 1.165) is 6.42 Å². The third-order valence-electron chi connectivity index (χ3n) is 4.77. The zero-order valence-electron chi connectivity index (χ0n) is 14.1. The van der Waals surface area contributed by atoms with Gasteiger partial charge in [-0.15, -0.1) is 10.2 Å². The molecule has 7 heteroatoms. The summed E-state index contributed by atoms with van der Waals surface area (Å²) in [5.74, 6) is 1.32. The van der Waals surface area contributed by atoms with Crippen molar-refractivity contribution in [3.63, 3.8) is 0 Å². The molecule has 0 radical (unpaired) electrons. The number of aromatic amines is 1. The van der Waals surface area contributed by atoms with Crippen LogP contribution in [0.25, 0.3) is 11.6 Å². The lowest BCUT2D eigenvalue weighted by Crippen LogP contribution is -2.33. The standard InChI is InChI=1S/C18H19N5O2/c1-11-3-5-13(6-4-11)14-9-12(2)23(10-14)18(24)16-8-7-15(25-16)17-19-21-22-20-17/h3-8,12,14H,9-10H2,1-2H3,(H,19,20,21,22). The Hall–Kier alpha value is -2.96. The predicted molar refractivity (Wildman–Crippen MR) is 90.9 cm³/mol. The first-order chi connectivity index (χ1) is 12.1. The third-order valence-corrected chi connectivity index (χ3v) is 4.77. The summed E-state index contributed by atoms with van der Waals surface area (Å²) in [4.78, 5) is 14.7. The average molecular weight is 337 g/mol. The van der Waals surface area contributed by atoms with Crippen molar-refractivity contribution >= 4 is 5.91 Å². The van der Waals surface area contributed by atoms with Crippen molar-refractivity contribution in [1.82, 2.24) is 25.5 Å². The number of rotatable bonds is 3. The zero-order valence-corrected chi connectivity index (χ0v) is 14.1. The number of benzene rings is 1. The van der Waals surface area contributed by atoms with Crippen molar-refractivity contribution in [1.29, 1.82) is 0 Å². The molecule has 1 amide bonds. The van der Waals surface area contributed by atoms with Gasteiger partial charge < -0.3 is 9.32 Å². The lowest BCUT2D eigenvalue weighted by atomic mass is 9.96. The van der Waals surface area contributed by atoms with Crippen LogP contribution in [0, 0.1) is 6.92 Å². The number of nitrogens with zero attached hydrogens (tertiary/aromatic N) is 4. The number of hydrogen-bond donors (Lipinski definition) is 1. The van der Waals surface area contributed by atoms with Gasteiger partial charge in [-0.25, -0.2) is 0 Å². The van der Waals surface area contributed by atoms with Crippen LogP contribution < -0.4 is 0 Å². The molecule has 1 saturated heterocycles. The molecule has 1 fully saturated rings. The molecule has 2 atom stereocenters. The van der Waals surface area contributed by atoms with Crippen molar-refractivity contribution < 1.29 is 9.21 Å². The summed E-state index contributed by atoms with van der Waals surface area (Å²) in [6.07, 6.45) is 0.952. The predicted octanol–water partition coefficient (Wildman–Crippen LogP) is 2.79. The number of aromatic nitrogens is 4. The fourth-order valence-corrected chi connectivity index (χ4v) is 3.37. The maximum atomic E-state index is 12.8. The second-order valence-corrected chi connectivity index (χ2v) is 6.55. The topological polar surface area (TPSA) is 87.9 Å². The van der Waals surface area contributed by atoms with Gasteiger partial charge in [-0.05, 0) is 43.2 Å². The highest BCUT2D eigenvalue weighted by Crippen LogP contribution is 2.33. The number of carbonyl (C=O) groups excluding carboxylic acids is 1. The fourth-order valence-electron chi connectivity index (χ4n) is 3.37. The van der Waals surface area contributed by atoms with Gasteiger partial charge in [-0.1, -0.05) is 29.8 Å². The number of likely N-dealkylation sites (tertiary alicyclic amines) is 1. The van der Waals surface area contributed by atoms with Crippen molar-refractivity contribution in [2.24, 2.45) is 0 Å². The number of aryl methyl sites for hydroxylation is 1. The molecule has 25 heavy (non-hydrogen) atoms. The lowest BCUT2D eigenvalue weighted by Gasteiger charge is -2.20. The molecule has 2 unspecified atom stereocenters. The van der Waals surface area contributed by atoms with Gasteiger partial charge in [0.15, 0.2) is 11.5 Å². The molecular weight excluding hydrogens is 318 g/mol. The van der Waals surface area contributed by atoms with Crippen molar-refractivity contribution in [3.8, 4) is 11.6 Å². The van der Waals surface area contributed by atoms with Crippen molar-refractivity contribution in [3.05, 3.63) is 53.3 Å². The first kappa shape index (κ1) is 15.6. The summed E-state index contributed by atoms with van der Waals surface area (Å²) in [5, 5.41) is 13.6. The highest BCUT2D eigenvalue weighted by molar-refractivity contribution is 5.92. The third kappa shape index (κ3) is 2.93. The first-order valence-electron chi connectivity index (χ1n) is 8.33. The quantitative estimate of drug-likeness (QED) is 0.794. The van der Waals surface area contributed by atoms with E-state index in [4.69, 9.17) is 4.42 Å². The molecule has 0 saturated carbocycles. The minimum atomic E-state index is -0.100. The van der Waals surface area contributed by atoms with Gasteiger partial charge in [0.05, 0.1) is 0 Å². The van der Waals surface area contributed by atoms with Crippen LogP contribution in [0.3, 0.4) is 0 Å². The number of hydrogen-bond acceptors (Lipinski definition) is 5. The maximum absolute atomic E-state index is 12.8. The first-order valence-corrected chi connectivity index (χ1v) is 8.33. The van der Waals surface area contributed by atoms with Crippen LogP contribution in [0.1, 0.15) is 40.9 Å². The van der Waals surface area contributed by atoms with E-state index in [1.807, 2.05) is 4.90 Å². The Morgan fingerprint density at radius 3 is 2.76 bits per heavy atom. The smallest absolute Gasteiger partial charge is 0.289 e. The number of amides is 1. The molecule has 4 rings (SSSR count). The van der Waals surface area contributed by atoms with E-state index in [9.17, 15) is 4.79 Å². The molecule has 0 bridgehead atoms. The van der Waals surface area contributed by atoms with E-state index >= 15 is 0 Å². The van der Waals surface area contributed by atoms with Crippen LogP contribution >= 0.6 is 0 Å². The average Bonchev–Trinajstić information content (AvgIpc) is 3.35. The van der Waals surface area contributed by atoms with Crippen molar-refractivity contribution in [2.75, 3.05) is 6.54 Å². The number of tetrazole rings is 1. The summed E-state index contributed by atoms with van der Waals surface area (Å²) in [7, 11) is 0. The number of furan rings is 1. The van der Waals surface area contributed by atoms with Gasteiger partial charge in [-0.2, -0.15) is 5.21 Å². The zero-order chi connectivity index (χ0) is 17.4. The largest absolute Gasteiger partial charge is 0.447 e. The van der Waals surface area contributed by atoms with Gasteiger partial charge in [0, 0.05) is 18.5 Å². The molecule has 0 aliphatic carbocycles. The highest BCUT2D eigenvalue weighted by atomic mass is 16.4. The Balaban J connectivity index is 1.51. The molecule has 2 aromatic heterocycles. The van der Waals surface area contributed by atoms with Crippen molar-refractivity contribution in [2.45, 2.75) is 32.2 Å². The molecule has 1 aromatic carbocycles. The van der Waals surface area contributed by atoms with Gasteiger partial charge >= 0.3 is 0 Å². The fraction of sp³-hybridized carbons (Fsp3) is 0.333. The van der Waals surface area contributed by atoms with Crippen LogP contribution in [0.15, 0.2) is 40.8 Å². The van der Waals surface area contributed by atoms with Gasteiger partial charge in [-0.3, -0.25) is 4.79 Å². The Morgan fingerprint density at radius 1 is 1.24 bits per heavy atom. The van der Waals surface area contributed by atoms with E-state index in [2.05, 4.69) is 58.7 Å². The molecule has 0 spiro atoms. The van der Waals surface area contributed by atoms with Crippen LogP contribution in [-0.4, -0.2) is 44.0 Å². The van der Waals surface area contributed by atoms with E-state index < -0.39 is 0 Å². The van der Waals surface area contributed by atoms with Gasteiger partial charge in [0.2, 0.25) is 5.82 Å². The normalized spacial score (nSPS) is 20.2. The Morgan fingerprint density at radius 2 is 2.04 bits per heavy atom. The van der Waals surface area contributed by atoms with Crippen LogP contribution in [-0.2, 0) is 0 Å². The monoisotopic (exact) mass is 337 g/mol. The molecule has 1 N–H and O–H groups in total. The molecule has 1 aliphatic rings. The van der Waals surface area contributed by atoms with Gasteiger partial charge in [0.1, 0.15) is 0 Å². The maximum Gasteiger partial charge on any atom is 0.289 e. The van der Waals surface area contributed by atoms with E-state index in [-0.39, 0.29) is 11.9 Å². The molecule has 3 aromatic rings. The van der Waals surface area contributed by atoms with E-state index in [1.54, 1.807) is 12.1 Å². The second-order valence-electron chi connectivity index (χ2n) is 6.55. The minimum absolute atomic E-state index is 0.100. The molecule has 3 heterocycles. The molecule has 128 valence electrons. The number of carbonyl (C=O) groups is 1. The van der Waals surface area contributed by atoms with Crippen LogP contribution in [0.4, 0.5) is 0 Å². The molecule has 7 nitrogen and oxygen atoms in total. The minimum Gasteiger partial charge on any atom is -0.447 e. The van der Waals surface area contributed by atoms with Crippen LogP contribution in [0.2, 0.25) is 0 Å². The second kappa shape index (κ2) is 6.16. The molecule has 1 aliphatic heterocycles. The Bertz CT molecular complexity index is 869. The molecular formula is C18H19N5O2. The summed E-state index contributed by atoms with van der Waals surface area (Å²) in [5.41, 5.74) is 2.52. The SMILES string of the molecule is Cc1ccc(C2CC(C)N(C(=O)c3ccc(-c4nn[nH]n4)o3)C2)cc1. The summed E-state index contributed by atoms with van der Waals surface area (Å²) in [6, 6.07) is 12.1. The summed E-state index contributed by atoms with van der Waals surface area (Å²) in [6.45, 7) is 4.85.